The first kappa shape index (κ1) is 19.3. The first-order chi connectivity index (χ1) is 13.4. The fourth-order valence-electron chi connectivity index (χ4n) is 3.46. The van der Waals surface area contributed by atoms with Crippen LogP contribution in [0.25, 0.3) is 0 Å². The monoisotopic (exact) mass is 382 g/mol. The van der Waals surface area contributed by atoms with Crippen LogP contribution in [0.5, 0.6) is 0 Å². The highest BCUT2D eigenvalue weighted by Gasteiger charge is 2.54. The second kappa shape index (κ2) is 8.08. The second-order valence-corrected chi connectivity index (χ2v) is 6.71. The third-order valence-corrected chi connectivity index (χ3v) is 4.89. The van der Waals surface area contributed by atoms with Crippen molar-refractivity contribution in [2.75, 3.05) is 5.73 Å². The Hall–Kier alpha value is -3.42. The van der Waals surface area contributed by atoms with Gasteiger partial charge in [0.05, 0.1) is 12.0 Å². The number of amides is 3. The Morgan fingerprint density at radius 1 is 1.29 bits per heavy atom. The summed E-state index contributed by atoms with van der Waals surface area (Å²) in [5.74, 6) is -2.25. The van der Waals surface area contributed by atoms with Gasteiger partial charge in [-0.15, -0.1) is 0 Å². The van der Waals surface area contributed by atoms with E-state index in [0.717, 1.165) is 10.5 Å². The topological polar surface area (TPSA) is 126 Å². The molecule has 1 aromatic carbocycles. The van der Waals surface area contributed by atoms with E-state index >= 15 is 0 Å². The molecule has 28 heavy (non-hydrogen) atoms. The number of aliphatic carboxylic acids is 1. The number of carbonyl (C=O) groups is 3. The Morgan fingerprint density at radius 3 is 2.61 bits per heavy atom. The van der Waals surface area contributed by atoms with E-state index in [4.69, 9.17) is 5.73 Å². The third kappa shape index (κ3) is 3.80. The Kier molecular flexibility index (Phi) is 5.58. The van der Waals surface area contributed by atoms with Crippen LogP contribution in [-0.2, 0) is 16.0 Å². The molecule has 4 N–H and O–H groups in total. The van der Waals surface area contributed by atoms with Gasteiger partial charge in [0, 0.05) is 6.20 Å². The van der Waals surface area contributed by atoms with Crippen molar-refractivity contribution >= 4 is 23.7 Å². The van der Waals surface area contributed by atoms with Crippen molar-refractivity contribution in [1.82, 2.24) is 15.2 Å². The molecule has 0 radical (unpaired) electrons. The van der Waals surface area contributed by atoms with E-state index in [0.29, 0.717) is 17.8 Å². The first-order valence-corrected chi connectivity index (χ1v) is 9.04. The van der Waals surface area contributed by atoms with Crippen LogP contribution >= 0.6 is 0 Å². The fraction of sp³-hybridized carbons (Fsp3) is 0.300. The minimum Gasteiger partial charge on any atom is -0.480 e. The number of nitrogens with zero attached hydrogens (tertiary/aromatic N) is 2. The molecule has 0 aliphatic carbocycles. The zero-order valence-corrected chi connectivity index (χ0v) is 15.4. The number of aromatic nitrogens is 1. The van der Waals surface area contributed by atoms with Gasteiger partial charge in [0.2, 0.25) is 5.91 Å². The number of carboxylic acid groups (broad SMARTS) is 1. The molecule has 3 amide bonds. The van der Waals surface area contributed by atoms with Gasteiger partial charge in [0.25, 0.3) is 0 Å². The Balaban J connectivity index is 1.73. The maximum Gasteiger partial charge on any atom is 0.327 e. The number of anilines is 1. The van der Waals surface area contributed by atoms with Crippen molar-refractivity contribution in [2.24, 2.45) is 5.92 Å². The lowest BCUT2D eigenvalue weighted by atomic mass is 9.82. The van der Waals surface area contributed by atoms with Gasteiger partial charge in [-0.2, -0.15) is 0 Å². The molecule has 146 valence electrons. The molecule has 2 aromatic rings. The van der Waals surface area contributed by atoms with Crippen molar-refractivity contribution in [3.8, 4) is 0 Å². The van der Waals surface area contributed by atoms with Gasteiger partial charge in [-0.3, -0.25) is 4.79 Å². The number of likely N-dealkylation sites (tertiary alicyclic amines) is 1. The van der Waals surface area contributed by atoms with Crippen LogP contribution in [0, 0.1) is 5.92 Å². The number of hydrogen-bond donors (Lipinski definition) is 3. The van der Waals surface area contributed by atoms with Crippen LogP contribution in [0.4, 0.5) is 10.6 Å². The molecule has 3 rings (SSSR count). The number of rotatable bonds is 6. The van der Waals surface area contributed by atoms with Crippen molar-refractivity contribution in [3.05, 3.63) is 59.8 Å². The molecule has 0 bridgehead atoms. The Labute approximate surface area is 162 Å². The molecule has 8 nitrogen and oxygen atoms in total. The SMILES string of the molecule is CC[C@@H](NC(=O)N1C(=O)[C@H](Cc2ccnc(N)c2)[C@H]1C(=O)O)c1ccccc1. The number of urea groups is 1. The van der Waals surface area contributed by atoms with Crippen molar-refractivity contribution in [3.63, 3.8) is 0 Å². The van der Waals surface area contributed by atoms with Gasteiger partial charge in [-0.1, -0.05) is 37.3 Å². The predicted octanol–water partition coefficient (Wildman–Crippen LogP) is 1.98. The molecule has 0 unspecified atom stereocenters. The van der Waals surface area contributed by atoms with Gasteiger partial charge in [-0.05, 0) is 36.1 Å². The van der Waals surface area contributed by atoms with Gasteiger partial charge in [-0.25, -0.2) is 19.5 Å². The first-order valence-electron chi connectivity index (χ1n) is 9.04. The summed E-state index contributed by atoms with van der Waals surface area (Å²) in [6, 6.07) is 10.4. The predicted molar refractivity (Wildman–Crippen MR) is 102 cm³/mol. The second-order valence-electron chi connectivity index (χ2n) is 6.71. The number of benzene rings is 1. The average Bonchev–Trinajstić information content (AvgIpc) is 2.68. The Bertz CT molecular complexity index is 887. The molecular formula is C20H22N4O4. The summed E-state index contributed by atoms with van der Waals surface area (Å²) < 4.78 is 0. The Morgan fingerprint density at radius 2 is 2.00 bits per heavy atom. The van der Waals surface area contributed by atoms with E-state index < -0.39 is 29.9 Å². The van der Waals surface area contributed by atoms with E-state index in [1.165, 1.54) is 6.20 Å². The lowest BCUT2D eigenvalue weighted by Gasteiger charge is -2.43. The maximum absolute atomic E-state index is 12.6. The molecule has 1 aliphatic heterocycles. The molecule has 1 aliphatic rings. The average molecular weight is 382 g/mol. The molecule has 0 spiro atoms. The van der Waals surface area contributed by atoms with Gasteiger partial charge in [0.15, 0.2) is 6.04 Å². The van der Waals surface area contributed by atoms with E-state index in [-0.39, 0.29) is 12.5 Å². The summed E-state index contributed by atoms with van der Waals surface area (Å²) in [7, 11) is 0. The molecule has 0 saturated carbocycles. The molecule has 1 fully saturated rings. The number of imide groups is 1. The maximum atomic E-state index is 12.6. The van der Waals surface area contributed by atoms with Crippen LogP contribution in [0.15, 0.2) is 48.7 Å². The van der Waals surface area contributed by atoms with Gasteiger partial charge in [0.1, 0.15) is 5.82 Å². The standard InChI is InChI=1S/C20H22N4O4/c1-2-15(13-6-4-3-5-7-13)23-20(28)24-17(19(26)27)14(18(24)25)10-12-8-9-22-16(21)11-12/h3-9,11,14-15,17H,2,10H2,1H3,(H2,21,22)(H,23,28)(H,26,27)/t14-,15-,17+/m1/s1. The highest BCUT2D eigenvalue weighted by atomic mass is 16.4. The van der Waals surface area contributed by atoms with Crippen LogP contribution in [0.2, 0.25) is 0 Å². The molecule has 8 heteroatoms. The number of pyridine rings is 1. The number of carbonyl (C=O) groups excluding carboxylic acids is 2. The lowest BCUT2D eigenvalue weighted by molar-refractivity contribution is -0.165. The molecule has 2 heterocycles. The minimum atomic E-state index is -1.21. The van der Waals surface area contributed by atoms with E-state index in [1.807, 2.05) is 37.3 Å². The number of nitrogen functional groups attached to an aromatic ring is 1. The van der Waals surface area contributed by atoms with Crippen molar-refractivity contribution in [1.29, 1.82) is 0 Å². The highest BCUT2D eigenvalue weighted by Crippen LogP contribution is 2.31. The number of nitrogens with one attached hydrogen (secondary N) is 1. The summed E-state index contributed by atoms with van der Waals surface area (Å²) in [6.07, 6.45) is 2.29. The van der Waals surface area contributed by atoms with Crippen LogP contribution < -0.4 is 11.1 Å². The van der Waals surface area contributed by atoms with E-state index in [1.54, 1.807) is 12.1 Å². The number of β-lactam (4-membered cyclic amide) rings is 1. The van der Waals surface area contributed by atoms with Crippen molar-refractivity contribution < 1.29 is 19.5 Å². The zero-order valence-electron chi connectivity index (χ0n) is 15.4. The van der Waals surface area contributed by atoms with E-state index in [2.05, 4.69) is 10.3 Å². The summed E-state index contributed by atoms with van der Waals surface area (Å²) in [4.78, 5) is 41.6. The van der Waals surface area contributed by atoms with Crippen LogP contribution in [-0.4, -0.2) is 38.9 Å². The zero-order chi connectivity index (χ0) is 20.3. The van der Waals surface area contributed by atoms with Crippen LogP contribution in [0.3, 0.4) is 0 Å². The summed E-state index contributed by atoms with van der Waals surface area (Å²) in [5, 5.41) is 12.3. The molecule has 1 saturated heterocycles. The van der Waals surface area contributed by atoms with Gasteiger partial charge < -0.3 is 16.2 Å². The molecular weight excluding hydrogens is 360 g/mol. The largest absolute Gasteiger partial charge is 0.480 e. The number of carboxylic acids is 1. The van der Waals surface area contributed by atoms with E-state index in [9.17, 15) is 19.5 Å². The third-order valence-electron chi connectivity index (χ3n) is 4.89. The number of hydrogen-bond acceptors (Lipinski definition) is 5. The number of nitrogens with two attached hydrogens (primary N) is 1. The van der Waals surface area contributed by atoms with Gasteiger partial charge >= 0.3 is 12.0 Å². The molecule has 3 atom stereocenters. The quantitative estimate of drug-likeness (QED) is 0.656. The normalized spacial score (nSPS) is 19.6. The minimum absolute atomic E-state index is 0.183. The lowest BCUT2D eigenvalue weighted by Crippen LogP contribution is -2.68. The summed E-state index contributed by atoms with van der Waals surface area (Å²) in [5.41, 5.74) is 7.23. The smallest absolute Gasteiger partial charge is 0.327 e. The fourth-order valence-corrected chi connectivity index (χ4v) is 3.46. The summed E-state index contributed by atoms with van der Waals surface area (Å²) in [6.45, 7) is 1.90. The van der Waals surface area contributed by atoms with Crippen molar-refractivity contribution in [2.45, 2.75) is 31.8 Å². The van der Waals surface area contributed by atoms with Crippen LogP contribution in [0.1, 0.15) is 30.5 Å². The molecule has 1 aromatic heterocycles. The highest BCUT2D eigenvalue weighted by molar-refractivity contribution is 6.07. The summed E-state index contributed by atoms with van der Waals surface area (Å²) >= 11 is 0.